The molecule has 0 aliphatic carbocycles. The minimum atomic E-state index is -0.507. The molecule has 0 aliphatic heterocycles. The molecule has 0 bridgehead atoms. The second-order valence-electron chi connectivity index (χ2n) is 6.32. The van der Waals surface area contributed by atoms with Gasteiger partial charge in [0.2, 0.25) is 0 Å². The first-order valence-electron chi connectivity index (χ1n) is 7.88. The highest BCUT2D eigenvalue weighted by molar-refractivity contribution is 6.30. The summed E-state index contributed by atoms with van der Waals surface area (Å²) in [5.41, 5.74) is 2.34. The molecule has 0 aliphatic rings. The lowest BCUT2D eigenvalue weighted by molar-refractivity contribution is 0.415. The van der Waals surface area contributed by atoms with Crippen LogP contribution in [0.1, 0.15) is 25.2 Å². The largest absolute Gasteiger partial charge is 0.497 e. The SMILES string of the molecule is COc1ccc(NC(C)(C)c2nnnn2-c2cc(Cl)ccc2C)cc1. The van der Waals surface area contributed by atoms with E-state index in [4.69, 9.17) is 16.3 Å². The molecule has 7 heteroatoms. The number of rotatable bonds is 5. The molecule has 3 aromatic rings. The number of hydrogen-bond acceptors (Lipinski definition) is 5. The highest BCUT2D eigenvalue weighted by atomic mass is 35.5. The maximum Gasteiger partial charge on any atom is 0.181 e. The van der Waals surface area contributed by atoms with Gasteiger partial charge >= 0.3 is 0 Å². The van der Waals surface area contributed by atoms with E-state index in [1.165, 1.54) is 0 Å². The lowest BCUT2D eigenvalue weighted by Crippen LogP contribution is -2.32. The number of ether oxygens (including phenoxy) is 1. The van der Waals surface area contributed by atoms with Gasteiger partial charge in [0.05, 0.1) is 18.3 Å². The summed E-state index contributed by atoms with van der Waals surface area (Å²) < 4.78 is 6.92. The van der Waals surface area contributed by atoms with Crippen molar-refractivity contribution in [2.24, 2.45) is 0 Å². The van der Waals surface area contributed by atoms with Gasteiger partial charge in [-0.1, -0.05) is 17.7 Å². The van der Waals surface area contributed by atoms with Crippen molar-refractivity contribution in [3.8, 4) is 11.4 Å². The fraction of sp³-hybridized carbons (Fsp3) is 0.278. The summed E-state index contributed by atoms with van der Waals surface area (Å²) in [6.07, 6.45) is 0. The van der Waals surface area contributed by atoms with Crippen molar-refractivity contribution in [1.29, 1.82) is 0 Å². The van der Waals surface area contributed by atoms with Crippen molar-refractivity contribution in [1.82, 2.24) is 20.2 Å². The standard InChI is InChI=1S/C18H20ClN5O/c1-12-5-6-13(19)11-16(12)24-17(21-22-23-24)18(2,3)20-14-7-9-15(25-4)10-8-14/h5-11,20H,1-4H3. The minimum absolute atomic E-state index is 0.507. The lowest BCUT2D eigenvalue weighted by Gasteiger charge is -2.26. The van der Waals surface area contributed by atoms with Crippen LogP contribution < -0.4 is 10.1 Å². The predicted octanol–water partition coefficient (Wildman–Crippen LogP) is 3.98. The average molecular weight is 358 g/mol. The Bertz CT molecular complexity index is 873. The molecular formula is C18H20ClN5O. The maximum atomic E-state index is 6.15. The van der Waals surface area contributed by atoms with Gasteiger partial charge < -0.3 is 10.1 Å². The van der Waals surface area contributed by atoms with Gasteiger partial charge in [-0.3, -0.25) is 0 Å². The summed E-state index contributed by atoms with van der Waals surface area (Å²) >= 11 is 6.15. The number of nitrogens with zero attached hydrogens (tertiary/aromatic N) is 4. The Kier molecular flexibility index (Phi) is 4.63. The topological polar surface area (TPSA) is 64.9 Å². The number of methoxy groups -OCH3 is 1. The zero-order chi connectivity index (χ0) is 18.0. The van der Waals surface area contributed by atoms with E-state index in [2.05, 4.69) is 20.8 Å². The van der Waals surface area contributed by atoms with Crippen LogP contribution >= 0.6 is 11.6 Å². The van der Waals surface area contributed by atoms with Gasteiger partial charge in [-0.15, -0.1) is 5.10 Å². The Morgan fingerprint density at radius 3 is 2.52 bits per heavy atom. The molecule has 1 heterocycles. The molecule has 0 saturated heterocycles. The van der Waals surface area contributed by atoms with Crippen molar-refractivity contribution >= 4 is 17.3 Å². The quantitative estimate of drug-likeness (QED) is 0.748. The Balaban J connectivity index is 1.95. The van der Waals surface area contributed by atoms with E-state index in [9.17, 15) is 0 Å². The second-order valence-corrected chi connectivity index (χ2v) is 6.76. The first-order valence-corrected chi connectivity index (χ1v) is 8.26. The van der Waals surface area contributed by atoms with E-state index in [-0.39, 0.29) is 0 Å². The molecule has 0 fully saturated rings. The minimum Gasteiger partial charge on any atom is -0.497 e. The lowest BCUT2D eigenvalue weighted by atomic mass is 10.0. The summed E-state index contributed by atoms with van der Waals surface area (Å²) in [6, 6.07) is 13.4. The van der Waals surface area contributed by atoms with Gasteiger partial charge in [0.15, 0.2) is 5.82 Å². The van der Waals surface area contributed by atoms with Gasteiger partial charge in [0, 0.05) is 10.7 Å². The van der Waals surface area contributed by atoms with E-state index >= 15 is 0 Å². The monoisotopic (exact) mass is 357 g/mol. The number of anilines is 1. The smallest absolute Gasteiger partial charge is 0.181 e. The molecule has 1 aromatic heterocycles. The fourth-order valence-corrected chi connectivity index (χ4v) is 2.81. The summed E-state index contributed by atoms with van der Waals surface area (Å²) in [7, 11) is 1.65. The van der Waals surface area contributed by atoms with Crippen LogP contribution in [0.15, 0.2) is 42.5 Å². The van der Waals surface area contributed by atoms with Crippen LogP contribution in [0.3, 0.4) is 0 Å². The fourth-order valence-electron chi connectivity index (χ4n) is 2.64. The van der Waals surface area contributed by atoms with Crippen LogP contribution in [0.25, 0.3) is 5.69 Å². The third-order valence-corrected chi connectivity index (χ3v) is 4.21. The van der Waals surface area contributed by atoms with Crippen molar-refractivity contribution < 1.29 is 4.74 Å². The van der Waals surface area contributed by atoms with Crippen molar-refractivity contribution in [2.45, 2.75) is 26.3 Å². The number of halogens is 1. The Labute approximate surface area is 151 Å². The van der Waals surface area contributed by atoms with Crippen LogP contribution in [-0.2, 0) is 5.54 Å². The molecule has 0 saturated carbocycles. The molecule has 130 valence electrons. The van der Waals surface area contributed by atoms with Gasteiger partial charge in [-0.05, 0) is 73.2 Å². The molecule has 25 heavy (non-hydrogen) atoms. The predicted molar refractivity (Wildman–Crippen MR) is 98.5 cm³/mol. The highest BCUT2D eigenvalue weighted by Gasteiger charge is 2.28. The number of benzene rings is 2. The molecule has 2 aromatic carbocycles. The second kappa shape index (κ2) is 6.72. The number of aryl methyl sites for hydroxylation is 1. The number of hydrogen-bond donors (Lipinski definition) is 1. The van der Waals surface area contributed by atoms with Gasteiger partial charge in [-0.25, -0.2) is 0 Å². The van der Waals surface area contributed by atoms with Crippen molar-refractivity contribution in [3.63, 3.8) is 0 Å². The number of nitrogens with one attached hydrogen (secondary N) is 1. The highest BCUT2D eigenvalue weighted by Crippen LogP contribution is 2.28. The van der Waals surface area contributed by atoms with Crippen LogP contribution in [0.5, 0.6) is 5.75 Å². The summed E-state index contributed by atoms with van der Waals surface area (Å²) in [6.45, 7) is 6.06. The average Bonchev–Trinajstić information content (AvgIpc) is 3.08. The molecule has 0 atom stereocenters. The van der Waals surface area contributed by atoms with Crippen LogP contribution in [0.2, 0.25) is 5.02 Å². The summed E-state index contributed by atoms with van der Waals surface area (Å²) in [5, 5.41) is 16.4. The van der Waals surface area contributed by atoms with E-state index < -0.39 is 5.54 Å². The van der Waals surface area contributed by atoms with E-state index in [0.717, 1.165) is 22.7 Å². The third kappa shape index (κ3) is 3.58. The molecule has 3 rings (SSSR count). The summed E-state index contributed by atoms with van der Waals surface area (Å²) in [4.78, 5) is 0. The van der Waals surface area contributed by atoms with Crippen LogP contribution in [-0.4, -0.2) is 27.3 Å². The Morgan fingerprint density at radius 2 is 1.84 bits per heavy atom. The first kappa shape index (κ1) is 17.2. The van der Waals surface area contributed by atoms with E-state index in [1.807, 2.05) is 63.2 Å². The molecule has 0 radical (unpaired) electrons. The van der Waals surface area contributed by atoms with Crippen LogP contribution in [0, 0.1) is 6.92 Å². The molecule has 0 spiro atoms. The molecule has 0 amide bonds. The molecular weight excluding hydrogens is 338 g/mol. The third-order valence-electron chi connectivity index (χ3n) is 3.97. The van der Waals surface area contributed by atoms with E-state index in [1.54, 1.807) is 11.8 Å². The van der Waals surface area contributed by atoms with E-state index in [0.29, 0.717) is 10.8 Å². The van der Waals surface area contributed by atoms with Gasteiger partial charge in [0.25, 0.3) is 0 Å². The molecule has 0 unspecified atom stereocenters. The first-order chi connectivity index (χ1) is 11.9. The zero-order valence-electron chi connectivity index (χ0n) is 14.6. The zero-order valence-corrected chi connectivity index (χ0v) is 15.4. The Morgan fingerprint density at radius 1 is 1.12 bits per heavy atom. The van der Waals surface area contributed by atoms with Crippen molar-refractivity contribution in [3.05, 3.63) is 58.9 Å². The number of aromatic nitrogens is 4. The van der Waals surface area contributed by atoms with Gasteiger partial charge in [-0.2, -0.15) is 4.68 Å². The van der Waals surface area contributed by atoms with Crippen LogP contribution in [0.4, 0.5) is 5.69 Å². The molecule has 1 N–H and O–H groups in total. The maximum absolute atomic E-state index is 6.15. The number of tetrazole rings is 1. The van der Waals surface area contributed by atoms with Gasteiger partial charge in [0.1, 0.15) is 5.75 Å². The normalized spacial score (nSPS) is 11.4. The summed E-state index contributed by atoms with van der Waals surface area (Å²) in [5.74, 6) is 1.50. The molecule has 6 nitrogen and oxygen atoms in total. The Hall–Kier alpha value is -2.60. The van der Waals surface area contributed by atoms with Crippen molar-refractivity contribution in [2.75, 3.05) is 12.4 Å².